The van der Waals surface area contributed by atoms with Crippen molar-refractivity contribution in [2.45, 2.75) is 19.3 Å². The molecular weight excluding hydrogens is 368 g/mol. The van der Waals surface area contributed by atoms with E-state index in [1.54, 1.807) is 41.4 Å². The molecule has 132 valence electrons. The van der Waals surface area contributed by atoms with Gasteiger partial charge >= 0.3 is 0 Å². The van der Waals surface area contributed by atoms with Crippen LogP contribution in [-0.4, -0.2) is 37.0 Å². The van der Waals surface area contributed by atoms with E-state index in [-0.39, 0.29) is 5.91 Å². The first kappa shape index (κ1) is 16.8. The van der Waals surface area contributed by atoms with Gasteiger partial charge in [-0.25, -0.2) is 14.5 Å². The Morgan fingerprint density at radius 2 is 2.04 bits per heavy atom. The van der Waals surface area contributed by atoms with E-state index in [0.717, 1.165) is 33.3 Å². The summed E-state index contributed by atoms with van der Waals surface area (Å²) in [6.07, 6.45) is 6.86. The quantitative estimate of drug-likeness (QED) is 0.529. The zero-order chi connectivity index (χ0) is 17.8. The molecule has 0 radical (unpaired) electrons. The lowest BCUT2D eigenvalue weighted by Gasteiger charge is -2.03. The summed E-state index contributed by atoms with van der Waals surface area (Å²) < 4.78 is 1.81. The van der Waals surface area contributed by atoms with Crippen LogP contribution in [0.15, 0.2) is 41.6 Å². The summed E-state index contributed by atoms with van der Waals surface area (Å²) in [6.45, 7) is 0.587. The van der Waals surface area contributed by atoms with E-state index in [4.69, 9.17) is 0 Å². The van der Waals surface area contributed by atoms with Crippen LogP contribution in [0.25, 0.3) is 15.5 Å². The highest BCUT2D eigenvalue weighted by Crippen LogP contribution is 2.23. The minimum absolute atomic E-state index is 0.0357. The molecule has 0 fully saturated rings. The number of hydrogen-bond acceptors (Lipinski definition) is 7. The number of pyridine rings is 1. The summed E-state index contributed by atoms with van der Waals surface area (Å²) in [5, 5.41) is 12.1. The number of carbonyl (C=O) groups excluding carboxylic acids is 1. The van der Waals surface area contributed by atoms with Crippen molar-refractivity contribution in [1.29, 1.82) is 0 Å². The number of carbonyl (C=O) groups is 1. The fraction of sp³-hybridized carbons (Fsp3) is 0.235. The van der Waals surface area contributed by atoms with Crippen LogP contribution in [0, 0.1) is 0 Å². The first-order valence-electron chi connectivity index (χ1n) is 8.17. The van der Waals surface area contributed by atoms with Gasteiger partial charge in [0.1, 0.15) is 11.3 Å². The maximum Gasteiger partial charge on any atom is 0.220 e. The first-order valence-corrected chi connectivity index (χ1v) is 9.93. The number of fused-ring (bicyclic) bond motifs is 1. The highest BCUT2D eigenvalue weighted by molar-refractivity contribution is 7.15. The van der Waals surface area contributed by atoms with Gasteiger partial charge < -0.3 is 5.32 Å². The number of hydrogen-bond donors (Lipinski definition) is 1. The Morgan fingerprint density at radius 3 is 2.92 bits per heavy atom. The standard InChI is InChI=1S/C17H16N6OS2/c24-15(19-8-5-14-10-26-17-20-11-21-23(14)17)2-1-13-9-25-16(22-13)12-3-6-18-7-4-12/h3-4,6-7,9-11H,1-2,5,8H2,(H,19,24). The lowest BCUT2D eigenvalue weighted by atomic mass is 10.2. The topological polar surface area (TPSA) is 85.1 Å². The van der Waals surface area contributed by atoms with E-state index >= 15 is 0 Å². The molecule has 0 aliphatic rings. The molecule has 0 bridgehead atoms. The highest BCUT2D eigenvalue weighted by Gasteiger charge is 2.09. The molecule has 0 unspecified atom stereocenters. The molecule has 1 N–H and O–H groups in total. The average molecular weight is 384 g/mol. The Balaban J connectivity index is 1.24. The predicted molar refractivity (Wildman–Crippen MR) is 101 cm³/mol. The van der Waals surface area contributed by atoms with Gasteiger partial charge in [0.05, 0.1) is 11.4 Å². The average Bonchev–Trinajstić information content (AvgIpc) is 3.39. The summed E-state index contributed by atoms with van der Waals surface area (Å²) >= 11 is 3.14. The van der Waals surface area contributed by atoms with Gasteiger partial charge in [-0.15, -0.1) is 22.7 Å². The van der Waals surface area contributed by atoms with Crippen molar-refractivity contribution in [3.05, 3.63) is 53.0 Å². The molecule has 0 aliphatic carbocycles. The van der Waals surface area contributed by atoms with Crippen molar-refractivity contribution in [3.8, 4) is 10.6 Å². The van der Waals surface area contributed by atoms with E-state index in [0.29, 0.717) is 19.4 Å². The second kappa shape index (κ2) is 7.71. The van der Waals surface area contributed by atoms with Gasteiger partial charge in [-0.2, -0.15) is 5.10 Å². The first-order chi connectivity index (χ1) is 12.8. The fourth-order valence-corrected chi connectivity index (χ4v) is 4.24. The molecular formula is C17H16N6OS2. The van der Waals surface area contributed by atoms with Crippen LogP contribution in [0.4, 0.5) is 0 Å². The molecule has 0 saturated heterocycles. The second-order valence-corrected chi connectivity index (χ2v) is 7.36. The SMILES string of the molecule is O=C(CCc1csc(-c2ccncc2)n1)NCCc1csc2ncnn12. The molecule has 0 spiro atoms. The Hall–Kier alpha value is -2.65. The van der Waals surface area contributed by atoms with Gasteiger partial charge in [-0.1, -0.05) is 0 Å². The monoisotopic (exact) mass is 384 g/mol. The Bertz CT molecular complexity index is 1010. The molecule has 0 saturated carbocycles. The lowest BCUT2D eigenvalue weighted by molar-refractivity contribution is -0.121. The number of aryl methyl sites for hydroxylation is 1. The maximum absolute atomic E-state index is 12.1. The summed E-state index contributed by atoms with van der Waals surface area (Å²) in [7, 11) is 0. The van der Waals surface area contributed by atoms with E-state index in [1.807, 2.05) is 27.4 Å². The number of nitrogens with zero attached hydrogens (tertiary/aromatic N) is 5. The summed E-state index contributed by atoms with van der Waals surface area (Å²) in [5.41, 5.74) is 3.05. The molecule has 4 rings (SSSR count). The number of thiazole rings is 2. The van der Waals surface area contributed by atoms with Crippen LogP contribution in [0.5, 0.6) is 0 Å². The van der Waals surface area contributed by atoms with Crippen LogP contribution in [0.1, 0.15) is 17.8 Å². The number of nitrogens with one attached hydrogen (secondary N) is 1. The number of amides is 1. The second-order valence-electron chi connectivity index (χ2n) is 5.66. The Kier molecular flexibility index (Phi) is 4.98. The normalized spacial score (nSPS) is 11.1. The number of aromatic nitrogens is 5. The van der Waals surface area contributed by atoms with Gasteiger partial charge in [0, 0.05) is 48.1 Å². The van der Waals surface area contributed by atoms with Gasteiger partial charge in [0.2, 0.25) is 10.9 Å². The Morgan fingerprint density at radius 1 is 1.15 bits per heavy atom. The maximum atomic E-state index is 12.1. The number of rotatable bonds is 7. The molecule has 0 aromatic carbocycles. The third-order valence-corrected chi connectivity index (χ3v) is 5.70. The minimum atomic E-state index is 0.0357. The lowest BCUT2D eigenvalue weighted by Crippen LogP contribution is -2.26. The zero-order valence-electron chi connectivity index (χ0n) is 13.8. The molecule has 1 amide bonds. The fourth-order valence-electron chi connectivity index (χ4n) is 2.55. The smallest absolute Gasteiger partial charge is 0.220 e. The van der Waals surface area contributed by atoms with Crippen LogP contribution >= 0.6 is 22.7 Å². The molecule has 4 aromatic rings. The van der Waals surface area contributed by atoms with E-state index < -0.39 is 0 Å². The molecule has 7 nitrogen and oxygen atoms in total. The van der Waals surface area contributed by atoms with Gasteiger partial charge in [-0.05, 0) is 18.6 Å². The van der Waals surface area contributed by atoms with Crippen molar-refractivity contribution < 1.29 is 4.79 Å². The van der Waals surface area contributed by atoms with Crippen LogP contribution < -0.4 is 5.32 Å². The zero-order valence-corrected chi connectivity index (χ0v) is 15.5. The van der Waals surface area contributed by atoms with Crippen LogP contribution in [0.3, 0.4) is 0 Å². The summed E-state index contributed by atoms with van der Waals surface area (Å²) in [6, 6.07) is 3.87. The van der Waals surface area contributed by atoms with Gasteiger partial charge in [-0.3, -0.25) is 9.78 Å². The summed E-state index contributed by atoms with van der Waals surface area (Å²) in [5.74, 6) is 0.0357. The van der Waals surface area contributed by atoms with E-state index in [9.17, 15) is 4.79 Å². The van der Waals surface area contributed by atoms with Crippen LogP contribution in [-0.2, 0) is 17.6 Å². The van der Waals surface area contributed by atoms with Crippen LogP contribution in [0.2, 0.25) is 0 Å². The molecule has 4 aromatic heterocycles. The van der Waals surface area contributed by atoms with Gasteiger partial charge in [0.25, 0.3) is 0 Å². The molecule has 9 heteroatoms. The molecule has 0 atom stereocenters. The van der Waals surface area contributed by atoms with E-state index in [1.165, 1.54) is 0 Å². The largest absolute Gasteiger partial charge is 0.356 e. The third kappa shape index (κ3) is 3.78. The molecule has 26 heavy (non-hydrogen) atoms. The van der Waals surface area contributed by atoms with Gasteiger partial charge in [0.15, 0.2) is 0 Å². The Labute approximate surface area is 157 Å². The summed E-state index contributed by atoms with van der Waals surface area (Å²) in [4.78, 5) is 25.7. The third-order valence-electron chi connectivity index (χ3n) is 3.88. The van der Waals surface area contributed by atoms with Crippen molar-refractivity contribution in [1.82, 2.24) is 29.9 Å². The van der Waals surface area contributed by atoms with Crippen molar-refractivity contribution in [2.75, 3.05) is 6.54 Å². The minimum Gasteiger partial charge on any atom is -0.356 e. The van der Waals surface area contributed by atoms with Crippen molar-refractivity contribution in [2.24, 2.45) is 0 Å². The van der Waals surface area contributed by atoms with E-state index in [2.05, 4.69) is 25.4 Å². The molecule has 4 heterocycles. The highest BCUT2D eigenvalue weighted by atomic mass is 32.1. The van der Waals surface area contributed by atoms with Crippen molar-refractivity contribution >= 4 is 33.5 Å². The van der Waals surface area contributed by atoms with Crippen molar-refractivity contribution in [3.63, 3.8) is 0 Å². The molecule has 0 aliphatic heterocycles. The predicted octanol–water partition coefficient (Wildman–Crippen LogP) is 2.60.